The molecule has 4 nitrogen and oxygen atoms in total. The first-order chi connectivity index (χ1) is 9.19. The molecule has 1 heterocycles. The SMILES string of the molecule is Cc1ccc(C(=NCC2CCN(C)CC2)NO)cc1. The first kappa shape index (κ1) is 14.0. The van der Waals surface area contributed by atoms with E-state index in [9.17, 15) is 5.21 Å². The number of aliphatic imine (C=N–C) groups is 1. The normalized spacial score (nSPS) is 18.6. The predicted octanol–water partition coefficient (Wildman–Crippen LogP) is 2.06. The summed E-state index contributed by atoms with van der Waals surface area (Å²) in [6.07, 6.45) is 2.37. The van der Waals surface area contributed by atoms with Crippen molar-refractivity contribution in [2.75, 3.05) is 26.7 Å². The standard InChI is InChI=1S/C15H23N3O/c1-12-3-5-14(6-4-12)15(17-19)16-11-13-7-9-18(2)10-8-13/h3-6,13,19H,7-11H2,1-2H3,(H,16,17). The zero-order valence-electron chi connectivity index (χ0n) is 11.8. The van der Waals surface area contributed by atoms with Crippen LogP contribution >= 0.6 is 0 Å². The molecule has 0 unspecified atom stereocenters. The minimum atomic E-state index is 0.568. The second-order valence-electron chi connectivity index (χ2n) is 5.41. The number of rotatable bonds is 3. The molecule has 2 N–H and O–H groups in total. The summed E-state index contributed by atoms with van der Waals surface area (Å²) in [6, 6.07) is 8.01. The monoisotopic (exact) mass is 261 g/mol. The molecule has 0 atom stereocenters. The van der Waals surface area contributed by atoms with Crippen LogP contribution in [0.4, 0.5) is 0 Å². The summed E-state index contributed by atoms with van der Waals surface area (Å²) in [5.41, 5.74) is 4.36. The Hall–Kier alpha value is -1.39. The van der Waals surface area contributed by atoms with Gasteiger partial charge < -0.3 is 4.90 Å². The molecule has 1 fully saturated rings. The number of amidine groups is 1. The van der Waals surface area contributed by atoms with Crippen LogP contribution in [0, 0.1) is 12.8 Å². The van der Waals surface area contributed by atoms with Crippen LogP contribution in [-0.4, -0.2) is 42.6 Å². The number of nitrogens with zero attached hydrogens (tertiary/aromatic N) is 2. The highest BCUT2D eigenvalue weighted by molar-refractivity contribution is 5.97. The Kier molecular flexibility index (Phi) is 4.93. The molecule has 1 aliphatic heterocycles. The molecule has 2 rings (SSSR count). The molecular formula is C15H23N3O. The van der Waals surface area contributed by atoms with Crippen molar-refractivity contribution >= 4 is 5.84 Å². The summed E-state index contributed by atoms with van der Waals surface area (Å²) in [5, 5.41) is 9.23. The molecule has 0 bridgehead atoms. The maximum Gasteiger partial charge on any atom is 0.152 e. The Morgan fingerprint density at radius 3 is 2.53 bits per heavy atom. The molecule has 0 saturated carbocycles. The quantitative estimate of drug-likeness (QED) is 0.497. The van der Waals surface area contributed by atoms with Gasteiger partial charge in [-0.05, 0) is 45.8 Å². The van der Waals surface area contributed by atoms with Gasteiger partial charge in [0.2, 0.25) is 0 Å². The predicted molar refractivity (Wildman–Crippen MR) is 77.7 cm³/mol. The second kappa shape index (κ2) is 6.68. The van der Waals surface area contributed by atoms with Gasteiger partial charge in [-0.2, -0.15) is 0 Å². The van der Waals surface area contributed by atoms with Gasteiger partial charge in [-0.3, -0.25) is 15.7 Å². The van der Waals surface area contributed by atoms with Gasteiger partial charge in [0.25, 0.3) is 0 Å². The third-order valence-corrected chi connectivity index (χ3v) is 3.78. The number of piperidine rings is 1. The fraction of sp³-hybridized carbons (Fsp3) is 0.533. The van der Waals surface area contributed by atoms with E-state index in [0.29, 0.717) is 11.8 Å². The van der Waals surface area contributed by atoms with Gasteiger partial charge in [0.1, 0.15) is 0 Å². The lowest BCUT2D eigenvalue weighted by atomic mass is 9.97. The molecule has 19 heavy (non-hydrogen) atoms. The van der Waals surface area contributed by atoms with E-state index in [1.165, 1.54) is 18.4 Å². The van der Waals surface area contributed by atoms with Crippen molar-refractivity contribution in [3.8, 4) is 0 Å². The van der Waals surface area contributed by atoms with E-state index in [1.54, 1.807) is 0 Å². The summed E-state index contributed by atoms with van der Waals surface area (Å²) in [7, 11) is 2.16. The van der Waals surface area contributed by atoms with Crippen LogP contribution in [0.25, 0.3) is 0 Å². The Morgan fingerprint density at radius 2 is 1.95 bits per heavy atom. The van der Waals surface area contributed by atoms with Crippen LogP contribution in [0.15, 0.2) is 29.3 Å². The third-order valence-electron chi connectivity index (χ3n) is 3.78. The Bertz CT molecular complexity index is 420. The number of nitrogens with one attached hydrogen (secondary N) is 1. The van der Waals surface area contributed by atoms with Crippen LogP contribution in [0.2, 0.25) is 0 Å². The minimum Gasteiger partial charge on any atom is -0.306 e. The van der Waals surface area contributed by atoms with Crippen molar-refractivity contribution in [1.82, 2.24) is 10.4 Å². The molecule has 0 spiro atoms. The lowest BCUT2D eigenvalue weighted by molar-refractivity contribution is 0.220. The summed E-state index contributed by atoms with van der Waals surface area (Å²) in [6.45, 7) is 5.12. The number of likely N-dealkylation sites (tertiary alicyclic amines) is 1. The average molecular weight is 261 g/mol. The fourth-order valence-corrected chi connectivity index (χ4v) is 2.37. The molecule has 0 radical (unpaired) electrons. The number of hydrogen-bond donors (Lipinski definition) is 2. The lowest BCUT2D eigenvalue weighted by Crippen LogP contribution is -2.31. The maximum atomic E-state index is 9.23. The van der Waals surface area contributed by atoms with Crippen LogP contribution in [0.5, 0.6) is 0 Å². The second-order valence-corrected chi connectivity index (χ2v) is 5.41. The van der Waals surface area contributed by atoms with E-state index in [2.05, 4.69) is 22.4 Å². The summed E-state index contributed by atoms with van der Waals surface area (Å²) in [4.78, 5) is 6.88. The van der Waals surface area contributed by atoms with Gasteiger partial charge in [0.15, 0.2) is 5.84 Å². The van der Waals surface area contributed by atoms with Gasteiger partial charge in [-0.1, -0.05) is 29.8 Å². The molecule has 4 heteroatoms. The van der Waals surface area contributed by atoms with Crippen molar-refractivity contribution in [1.29, 1.82) is 0 Å². The summed E-state index contributed by atoms with van der Waals surface area (Å²) in [5.74, 6) is 1.20. The van der Waals surface area contributed by atoms with E-state index in [0.717, 1.165) is 25.2 Å². The number of hydroxylamine groups is 1. The highest BCUT2D eigenvalue weighted by atomic mass is 16.5. The van der Waals surface area contributed by atoms with E-state index in [4.69, 9.17) is 0 Å². The first-order valence-electron chi connectivity index (χ1n) is 6.89. The molecule has 1 aromatic rings. The number of aryl methyl sites for hydroxylation is 1. The maximum absolute atomic E-state index is 9.23. The molecule has 0 amide bonds. The highest BCUT2D eigenvalue weighted by Gasteiger charge is 2.16. The van der Waals surface area contributed by atoms with E-state index in [-0.39, 0.29) is 0 Å². The lowest BCUT2D eigenvalue weighted by Gasteiger charge is -2.27. The zero-order chi connectivity index (χ0) is 13.7. The Balaban J connectivity index is 1.97. The van der Waals surface area contributed by atoms with Crippen LogP contribution in [0.3, 0.4) is 0 Å². The molecule has 1 aromatic carbocycles. The van der Waals surface area contributed by atoms with E-state index >= 15 is 0 Å². The molecular weight excluding hydrogens is 238 g/mol. The van der Waals surface area contributed by atoms with Crippen molar-refractivity contribution in [2.24, 2.45) is 10.9 Å². The number of benzene rings is 1. The van der Waals surface area contributed by atoms with Gasteiger partial charge in [0, 0.05) is 12.1 Å². The molecule has 104 valence electrons. The van der Waals surface area contributed by atoms with Crippen LogP contribution in [-0.2, 0) is 0 Å². The summed E-state index contributed by atoms with van der Waals surface area (Å²) < 4.78 is 0. The van der Waals surface area contributed by atoms with Gasteiger partial charge in [-0.25, -0.2) is 0 Å². The Morgan fingerprint density at radius 1 is 1.32 bits per heavy atom. The molecule has 0 aromatic heterocycles. The van der Waals surface area contributed by atoms with Crippen molar-refractivity contribution in [2.45, 2.75) is 19.8 Å². The average Bonchev–Trinajstić information content (AvgIpc) is 2.43. The molecule has 1 saturated heterocycles. The third kappa shape index (κ3) is 4.04. The van der Waals surface area contributed by atoms with Crippen molar-refractivity contribution in [3.05, 3.63) is 35.4 Å². The molecule has 1 aliphatic rings. The topological polar surface area (TPSA) is 47.9 Å². The zero-order valence-corrected chi connectivity index (χ0v) is 11.8. The highest BCUT2D eigenvalue weighted by Crippen LogP contribution is 2.16. The van der Waals surface area contributed by atoms with Gasteiger partial charge in [0.05, 0.1) is 0 Å². The van der Waals surface area contributed by atoms with Crippen molar-refractivity contribution < 1.29 is 5.21 Å². The first-order valence-corrected chi connectivity index (χ1v) is 6.89. The summed E-state index contributed by atoms with van der Waals surface area (Å²) >= 11 is 0. The van der Waals surface area contributed by atoms with Crippen molar-refractivity contribution in [3.63, 3.8) is 0 Å². The van der Waals surface area contributed by atoms with Crippen LogP contribution < -0.4 is 5.48 Å². The number of hydrogen-bond acceptors (Lipinski definition) is 3. The van der Waals surface area contributed by atoms with Crippen LogP contribution in [0.1, 0.15) is 24.0 Å². The smallest absolute Gasteiger partial charge is 0.152 e. The molecule has 0 aliphatic carbocycles. The fourth-order valence-electron chi connectivity index (χ4n) is 2.37. The van der Waals surface area contributed by atoms with Gasteiger partial charge >= 0.3 is 0 Å². The van der Waals surface area contributed by atoms with E-state index in [1.807, 2.05) is 31.2 Å². The Labute approximate surface area is 115 Å². The van der Waals surface area contributed by atoms with Gasteiger partial charge in [-0.15, -0.1) is 0 Å². The van der Waals surface area contributed by atoms with E-state index < -0.39 is 0 Å². The minimum absolute atomic E-state index is 0.568. The largest absolute Gasteiger partial charge is 0.306 e.